The Morgan fingerprint density at radius 2 is 1.90 bits per heavy atom. The Hall–Kier alpha value is -0.780. The van der Waals surface area contributed by atoms with Crippen molar-refractivity contribution < 1.29 is 4.39 Å². The van der Waals surface area contributed by atoms with E-state index in [-0.39, 0.29) is 11.4 Å². The third kappa shape index (κ3) is 3.05. The van der Waals surface area contributed by atoms with E-state index in [0.29, 0.717) is 5.25 Å². The summed E-state index contributed by atoms with van der Waals surface area (Å²) in [6, 6.07) is 6.82. The summed E-state index contributed by atoms with van der Waals surface area (Å²) >= 11 is 2.04. The van der Waals surface area contributed by atoms with Gasteiger partial charge in [-0.2, -0.15) is 11.8 Å². The molecule has 116 valence electrons. The zero-order valence-corrected chi connectivity index (χ0v) is 13.4. The molecule has 21 heavy (non-hydrogen) atoms. The lowest BCUT2D eigenvalue weighted by molar-refractivity contribution is 0.105. The summed E-state index contributed by atoms with van der Waals surface area (Å²) in [6.07, 6.45) is 1.20. The lowest BCUT2D eigenvalue weighted by Gasteiger charge is -2.46. The summed E-state index contributed by atoms with van der Waals surface area (Å²) in [5.41, 5.74) is 7.43. The van der Waals surface area contributed by atoms with Gasteiger partial charge in [0.05, 0.1) is 0 Å². The zero-order valence-electron chi connectivity index (χ0n) is 12.6. The number of piperazine rings is 1. The van der Waals surface area contributed by atoms with Crippen LogP contribution >= 0.6 is 11.8 Å². The summed E-state index contributed by atoms with van der Waals surface area (Å²) in [5, 5.41) is 0.712. The first-order chi connectivity index (χ1) is 10.1. The monoisotopic (exact) mass is 309 g/mol. The van der Waals surface area contributed by atoms with Gasteiger partial charge in [-0.25, -0.2) is 4.39 Å². The molecule has 2 aliphatic heterocycles. The molecule has 0 aliphatic carbocycles. The van der Waals surface area contributed by atoms with E-state index < -0.39 is 0 Å². The number of rotatable bonds is 3. The Kier molecular flexibility index (Phi) is 4.43. The molecule has 2 atom stereocenters. The number of benzene rings is 1. The lowest BCUT2D eigenvalue weighted by atomic mass is 9.93. The van der Waals surface area contributed by atoms with Gasteiger partial charge in [0, 0.05) is 55.0 Å². The van der Waals surface area contributed by atoms with Crippen LogP contribution in [0.5, 0.6) is 0 Å². The average Bonchev–Trinajstić information content (AvgIpc) is 2.91. The largest absolute Gasteiger partial charge is 0.369 e. The molecule has 0 amide bonds. The molecule has 5 heteroatoms. The van der Waals surface area contributed by atoms with Crippen LogP contribution in [0, 0.1) is 5.82 Å². The molecule has 0 spiro atoms. The van der Waals surface area contributed by atoms with Crippen molar-refractivity contribution in [3.63, 3.8) is 0 Å². The molecule has 2 N–H and O–H groups in total. The van der Waals surface area contributed by atoms with Crippen LogP contribution in [-0.4, -0.2) is 54.2 Å². The Bertz CT molecular complexity index is 473. The van der Waals surface area contributed by atoms with Gasteiger partial charge >= 0.3 is 0 Å². The number of hydrogen-bond donors (Lipinski definition) is 1. The predicted octanol–water partition coefficient (Wildman–Crippen LogP) is 2.17. The van der Waals surface area contributed by atoms with E-state index in [1.807, 2.05) is 23.9 Å². The molecule has 0 aromatic heterocycles. The second kappa shape index (κ2) is 6.15. The van der Waals surface area contributed by atoms with Crippen molar-refractivity contribution in [3.05, 3.63) is 30.1 Å². The molecule has 2 fully saturated rings. The van der Waals surface area contributed by atoms with Crippen LogP contribution in [0.15, 0.2) is 24.3 Å². The van der Waals surface area contributed by atoms with Gasteiger partial charge < -0.3 is 10.6 Å². The minimum atomic E-state index is -0.170. The fourth-order valence-corrected chi connectivity index (χ4v) is 4.97. The minimum absolute atomic E-state index is 0.170. The molecule has 1 aromatic rings. The van der Waals surface area contributed by atoms with Gasteiger partial charge in [0.25, 0.3) is 0 Å². The molecule has 2 saturated heterocycles. The standard InChI is InChI=1S/C16H24FN3S/c1-13-10-16(11-18,12-21-13)20-8-6-19(7-9-20)15-4-2-14(17)3-5-15/h2-5,13H,6-12,18H2,1H3. The van der Waals surface area contributed by atoms with Gasteiger partial charge in [-0.1, -0.05) is 6.92 Å². The van der Waals surface area contributed by atoms with Crippen LogP contribution in [0.25, 0.3) is 0 Å². The van der Waals surface area contributed by atoms with Gasteiger partial charge in [-0.3, -0.25) is 4.90 Å². The molecule has 2 aliphatic rings. The quantitative estimate of drug-likeness (QED) is 0.927. The SMILES string of the molecule is CC1CC(CN)(N2CCN(c3ccc(F)cc3)CC2)CS1. The number of thioether (sulfide) groups is 1. The summed E-state index contributed by atoms with van der Waals surface area (Å²) in [4.78, 5) is 4.93. The molecule has 0 bridgehead atoms. The van der Waals surface area contributed by atoms with Crippen molar-refractivity contribution in [1.29, 1.82) is 0 Å². The minimum Gasteiger partial charge on any atom is -0.369 e. The van der Waals surface area contributed by atoms with Crippen molar-refractivity contribution >= 4 is 17.4 Å². The molecular formula is C16H24FN3S. The number of hydrogen-bond acceptors (Lipinski definition) is 4. The van der Waals surface area contributed by atoms with Gasteiger partial charge in [0.1, 0.15) is 5.82 Å². The van der Waals surface area contributed by atoms with E-state index in [1.54, 1.807) is 12.1 Å². The molecule has 2 heterocycles. The molecule has 3 rings (SSSR count). The normalized spacial score (nSPS) is 30.8. The lowest BCUT2D eigenvalue weighted by Crippen LogP contribution is -2.60. The number of halogens is 1. The maximum Gasteiger partial charge on any atom is 0.123 e. The highest BCUT2D eigenvalue weighted by Crippen LogP contribution is 2.38. The molecule has 0 radical (unpaired) electrons. The molecular weight excluding hydrogens is 285 g/mol. The molecule has 2 unspecified atom stereocenters. The third-order valence-electron chi connectivity index (χ3n) is 4.83. The van der Waals surface area contributed by atoms with Crippen LogP contribution in [0.4, 0.5) is 10.1 Å². The Morgan fingerprint density at radius 3 is 2.43 bits per heavy atom. The number of anilines is 1. The fraction of sp³-hybridized carbons (Fsp3) is 0.625. The van der Waals surface area contributed by atoms with Crippen molar-refractivity contribution in [3.8, 4) is 0 Å². The summed E-state index contributed by atoms with van der Waals surface area (Å²) < 4.78 is 13.0. The fourth-order valence-electron chi connectivity index (χ4n) is 3.53. The highest BCUT2D eigenvalue weighted by Gasteiger charge is 2.42. The van der Waals surface area contributed by atoms with E-state index >= 15 is 0 Å². The van der Waals surface area contributed by atoms with E-state index in [0.717, 1.165) is 44.2 Å². The Labute approximate surface area is 130 Å². The first kappa shape index (κ1) is 15.1. The van der Waals surface area contributed by atoms with E-state index in [9.17, 15) is 4.39 Å². The van der Waals surface area contributed by atoms with Crippen molar-refractivity contribution in [2.45, 2.75) is 24.1 Å². The van der Waals surface area contributed by atoms with E-state index in [2.05, 4.69) is 16.7 Å². The Morgan fingerprint density at radius 1 is 1.24 bits per heavy atom. The van der Waals surface area contributed by atoms with Crippen LogP contribution in [0.2, 0.25) is 0 Å². The first-order valence-electron chi connectivity index (χ1n) is 7.70. The van der Waals surface area contributed by atoms with Gasteiger partial charge in [0.2, 0.25) is 0 Å². The Balaban J connectivity index is 1.63. The van der Waals surface area contributed by atoms with Crippen molar-refractivity contribution in [2.24, 2.45) is 5.73 Å². The zero-order chi connectivity index (χ0) is 14.9. The van der Waals surface area contributed by atoms with Crippen LogP contribution < -0.4 is 10.6 Å². The van der Waals surface area contributed by atoms with Gasteiger partial charge in [-0.05, 0) is 30.7 Å². The second-order valence-corrected chi connectivity index (χ2v) is 7.63. The second-order valence-electron chi connectivity index (χ2n) is 6.20. The van der Waals surface area contributed by atoms with Crippen LogP contribution in [0.1, 0.15) is 13.3 Å². The van der Waals surface area contributed by atoms with Crippen LogP contribution in [0.3, 0.4) is 0 Å². The molecule has 3 nitrogen and oxygen atoms in total. The summed E-state index contributed by atoms with van der Waals surface area (Å²) in [7, 11) is 0. The number of nitrogens with zero attached hydrogens (tertiary/aromatic N) is 2. The van der Waals surface area contributed by atoms with Gasteiger partial charge in [-0.15, -0.1) is 0 Å². The average molecular weight is 309 g/mol. The van der Waals surface area contributed by atoms with Crippen LogP contribution in [-0.2, 0) is 0 Å². The first-order valence-corrected chi connectivity index (χ1v) is 8.75. The van der Waals surface area contributed by atoms with Crippen molar-refractivity contribution in [2.75, 3.05) is 43.4 Å². The summed E-state index contributed by atoms with van der Waals surface area (Å²) in [6.45, 7) is 7.13. The van der Waals surface area contributed by atoms with E-state index in [4.69, 9.17) is 5.73 Å². The number of nitrogens with two attached hydrogens (primary N) is 1. The maximum atomic E-state index is 13.0. The molecule has 0 saturated carbocycles. The smallest absolute Gasteiger partial charge is 0.123 e. The third-order valence-corrected chi connectivity index (χ3v) is 6.27. The maximum absolute atomic E-state index is 13.0. The summed E-state index contributed by atoms with van der Waals surface area (Å²) in [5.74, 6) is 0.984. The highest BCUT2D eigenvalue weighted by molar-refractivity contribution is 8.00. The molecule has 1 aromatic carbocycles. The highest BCUT2D eigenvalue weighted by atomic mass is 32.2. The van der Waals surface area contributed by atoms with Crippen molar-refractivity contribution in [1.82, 2.24) is 4.90 Å². The van der Waals surface area contributed by atoms with E-state index in [1.165, 1.54) is 6.42 Å². The van der Waals surface area contributed by atoms with Gasteiger partial charge in [0.15, 0.2) is 0 Å². The predicted molar refractivity (Wildman–Crippen MR) is 88.5 cm³/mol. The topological polar surface area (TPSA) is 32.5 Å².